The number of hydrogen-bond acceptors (Lipinski definition) is 2. The Morgan fingerprint density at radius 3 is 2.85 bits per heavy atom. The molecule has 1 aliphatic rings. The van der Waals surface area contributed by atoms with E-state index in [-0.39, 0.29) is 18.5 Å². The van der Waals surface area contributed by atoms with Crippen molar-refractivity contribution in [3.05, 3.63) is 35.6 Å². The molecule has 1 aliphatic heterocycles. The molecule has 0 spiro atoms. The van der Waals surface area contributed by atoms with Gasteiger partial charge in [-0.05, 0) is 6.07 Å². The lowest BCUT2D eigenvalue weighted by Gasteiger charge is -2.07. The van der Waals surface area contributed by atoms with Crippen molar-refractivity contribution >= 4 is 6.09 Å². The van der Waals surface area contributed by atoms with Gasteiger partial charge in [0.05, 0.1) is 6.04 Å². The van der Waals surface area contributed by atoms with Crippen LogP contribution in [0.15, 0.2) is 24.3 Å². The second-order valence-electron chi connectivity index (χ2n) is 2.82. The van der Waals surface area contributed by atoms with Crippen molar-refractivity contribution in [3.8, 4) is 0 Å². The molecular weight excluding hydrogens is 173 g/mol. The molecule has 4 heteroatoms. The monoisotopic (exact) mass is 181 g/mol. The van der Waals surface area contributed by atoms with E-state index in [1.165, 1.54) is 6.07 Å². The lowest BCUT2D eigenvalue weighted by atomic mass is 10.1. The van der Waals surface area contributed by atoms with Crippen LogP contribution in [0.5, 0.6) is 0 Å². The van der Waals surface area contributed by atoms with Gasteiger partial charge in [0.1, 0.15) is 12.4 Å². The van der Waals surface area contributed by atoms with Crippen LogP contribution in [0.1, 0.15) is 11.6 Å². The van der Waals surface area contributed by atoms with E-state index in [9.17, 15) is 9.18 Å². The van der Waals surface area contributed by atoms with Gasteiger partial charge in [-0.15, -0.1) is 0 Å². The SMILES string of the molecule is O=C1N[C@@H](c2ccccc2F)CO1. The molecule has 1 heterocycles. The summed E-state index contributed by atoms with van der Waals surface area (Å²) in [5.74, 6) is -0.321. The molecule has 0 saturated carbocycles. The minimum atomic E-state index is -0.492. The molecular formula is C9H8FNO2. The van der Waals surface area contributed by atoms with Crippen LogP contribution in [0, 0.1) is 5.82 Å². The van der Waals surface area contributed by atoms with E-state index in [1.54, 1.807) is 18.2 Å². The summed E-state index contributed by atoms with van der Waals surface area (Å²) in [6.45, 7) is 0.194. The van der Waals surface area contributed by atoms with Gasteiger partial charge in [-0.1, -0.05) is 18.2 Å². The van der Waals surface area contributed by atoms with Gasteiger partial charge in [0.15, 0.2) is 0 Å². The van der Waals surface area contributed by atoms with Gasteiger partial charge in [-0.3, -0.25) is 0 Å². The Morgan fingerprint density at radius 2 is 2.23 bits per heavy atom. The number of alkyl carbamates (subject to hydrolysis) is 1. The molecule has 2 rings (SSSR count). The van der Waals surface area contributed by atoms with Crippen molar-refractivity contribution in [2.75, 3.05) is 6.61 Å². The fraction of sp³-hybridized carbons (Fsp3) is 0.222. The summed E-state index contributed by atoms with van der Waals surface area (Å²) < 4.78 is 17.8. The first-order valence-electron chi connectivity index (χ1n) is 3.95. The van der Waals surface area contributed by atoms with Crippen molar-refractivity contribution in [1.82, 2.24) is 5.32 Å². The Kier molecular flexibility index (Phi) is 1.88. The summed E-state index contributed by atoms with van der Waals surface area (Å²) in [5.41, 5.74) is 0.466. The van der Waals surface area contributed by atoms with E-state index in [2.05, 4.69) is 10.1 Å². The maximum atomic E-state index is 13.2. The first-order valence-corrected chi connectivity index (χ1v) is 3.95. The van der Waals surface area contributed by atoms with Crippen LogP contribution in [-0.4, -0.2) is 12.7 Å². The predicted molar refractivity (Wildman–Crippen MR) is 43.6 cm³/mol. The van der Waals surface area contributed by atoms with Crippen LogP contribution < -0.4 is 5.32 Å². The largest absolute Gasteiger partial charge is 0.447 e. The van der Waals surface area contributed by atoms with E-state index >= 15 is 0 Å². The molecule has 0 unspecified atom stereocenters. The molecule has 1 N–H and O–H groups in total. The number of nitrogens with one attached hydrogen (secondary N) is 1. The fourth-order valence-corrected chi connectivity index (χ4v) is 1.31. The third kappa shape index (κ3) is 1.47. The van der Waals surface area contributed by atoms with Gasteiger partial charge in [0, 0.05) is 5.56 Å². The van der Waals surface area contributed by atoms with Crippen molar-refractivity contribution in [2.24, 2.45) is 0 Å². The van der Waals surface area contributed by atoms with Crippen molar-refractivity contribution in [3.63, 3.8) is 0 Å². The lowest BCUT2D eigenvalue weighted by molar-refractivity contribution is 0.177. The maximum Gasteiger partial charge on any atom is 0.407 e. The molecule has 68 valence electrons. The number of ether oxygens (including phenoxy) is 1. The third-order valence-corrected chi connectivity index (χ3v) is 1.95. The zero-order valence-electron chi connectivity index (χ0n) is 6.79. The molecule has 1 amide bonds. The quantitative estimate of drug-likeness (QED) is 0.714. The third-order valence-electron chi connectivity index (χ3n) is 1.95. The van der Waals surface area contributed by atoms with Crippen LogP contribution in [0.2, 0.25) is 0 Å². The zero-order chi connectivity index (χ0) is 9.26. The number of halogens is 1. The standard InChI is InChI=1S/C9H8FNO2/c10-7-4-2-1-3-6(7)8-5-13-9(12)11-8/h1-4,8H,5H2,(H,11,12)/t8-/m1/s1. The summed E-state index contributed by atoms with van der Waals surface area (Å²) in [6.07, 6.45) is -0.492. The van der Waals surface area contributed by atoms with E-state index in [1.807, 2.05) is 0 Å². The Bertz CT molecular complexity index is 340. The molecule has 0 aliphatic carbocycles. The van der Waals surface area contributed by atoms with E-state index < -0.39 is 6.09 Å². The number of rotatable bonds is 1. The number of hydrogen-bond donors (Lipinski definition) is 1. The van der Waals surface area contributed by atoms with Crippen LogP contribution in [0.3, 0.4) is 0 Å². The maximum absolute atomic E-state index is 13.2. The minimum absolute atomic E-state index is 0.194. The zero-order valence-corrected chi connectivity index (χ0v) is 6.79. The lowest BCUT2D eigenvalue weighted by Crippen LogP contribution is -2.19. The number of carbonyl (C=O) groups excluding carboxylic acids is 1. The van der Waals surface area contributed by atoms with Gasteiger partial charge in [-0.25, -0.2) is 9.18 Å². The second-order valence-corrected chi connectivity index (χ2v) is 2.82. The van der Waals surface area contributed by atoms with Crippen LogP contribution in [-0.2, 0) is 4.74 Å². The first-order chi connectivity index (χ1) is 6.27. The number of cyclic esters (lactones) is 1. The molecule has 0 radical (unpaired) electrons. The highest BCUT2D eigenvalue weighted by atomic mass is 19.1. The average Bonchev–Trinajstić information content (AvgIpc) is 2.53. The molecule has 1 aromatic carbocycles. The first kappa shape index (κ1) is 8.04. The molecule has 13 heavy (non-hydrogen) atoms. The van der Waals surface area contributed by atoms with E-state index in [0.29, 0.717) is 5.56 Å². The summed E-state index contributed by atoms with van der Waals surface area (Å²) >= 11 is 0. The molecule has 0 aromatic heterocycles. The summed E-state index contributed by atoms with van der Waals surface area (Å²) in [4.78, 5) is 10.7. The van der Waals surface area contributed by atoms with Crippen molar-refractivity contribution in [2.45, 2.75) is 6.04 Å². The smallest absolute Gasteiger partial charge is 0.407 e. The topological polar surface area (TPSA) is 38.3 Å². The van der Waals surface area contributed by atoms with Crippen molar-refractivity contribution in [1.29, 1.82) is 0 Å². The van der Waals surface area contributed by atoms with Crippen molar-refractivity contribution < 1.29 is 13.9 Å². The molecule has 0 bridgehead atoms. The molecule has 1 fully saturated rings. The molecule has 1 saturated heterocycles. The fourth-order valence-electron chi connectivity index (χ4n) is 1.31. The van der Waals surface area contributed by atoms with Crippen LogP contribution in [0.4, 0.5) is 9.18 Å². The van der Waals surface area contributed by atoms with Gasteiger partial charge in [0.25, 0.3) is 0 Å². The highest BCUT2D eigenvalue weighted by Crippen LogP contribution is 2.20. The number of amides is 1. The van der Waals surface area contributed by atoms with Crippen LogP contribution >= 0.6 is 0 Å². The summed E-state index contributed by atoms with van der Waals surface area (Å²) in [6, 6.07) is 5.97. The Hall–Kier alpha value is -1.58. The molecule has 3 nitrogen and oxygen atoms in total. The normalized spacial score (nSPS) is 21.0. The Balaban J connectivity index is 2.26. The van der Waals surface area contributed by atoms with Gasteiger partial charge < -0.3 is 10.1 Å². The summed E-state index contributed by atoms with van der Waals surface area (Å²) in [7, 11) is 0. The van der Waals surface area contributed by atoms with Gasteiger partial charge >= 0.3 is 6.09 Å². The van der Waals surface area contributed by atoms with Crippen LogP contribution in [0.25, 0.3) is 0 Å². The Labute approximate surface area is 74.5 Å². The number of benzene rings is 1. The molecule has 1 aromatic rings. The summed E-state index contributed by atoms with van der Waals surface area (Å²) in [5, 5.41) is 2.51. The Morgan fingerprint density at radius 1 is 1.46 bits per heavy atom. The van der Waals surface area contributed by atoms with E-state index in [4.69, 9.17) is 0 Å². The average molecular weight is 181 g/mol. The highest BCUT2D eigenvalue weighted by Gasteiger charge is 2.25. The van der Waals surface area contributed by atoms with Gasteiger partial charge in [0.2, 0.25) is 0 Å². The van der Waals surface area contributed by atoms with Gasteiger partial charge in [-0.2, -0.15) is 0 Å². The highest BCUT2D eigenvalue weighted by molar-refractivity contribution is 5.70. The minimum Gasteiger partial charge on any atom is -0.447 e. The number of carbonyl (C=O) groups is 1. The van der Waals surface area contributed by atoms with E-state index in [0.717, 1.165) is 0 Å². The predicted octanol–water partition coefficient (Wildman–Crippen LogP) is 1.61. The second kappa shape index (κ2) is 3.05. The molecule has 1 atom stereocenters.